The number of carbonyl (C=O) groups is 1. The first-order valence-electron chi connectivity index (χ1n) is 9.41. The molecule has 4 rings (SSSR count). The fourth-order valence-corrected chi connectivity index (χ4v) is 3.65. The van der Waals surface area contributed by atoms with Gasteiger partial charge in [0.2, 0.25) is 0 Å². The van der Waals surface area contributed by atoms with Gasteiger partial charge >= 0.3 is 0 Å². The monoisotopic (exact) mass is 392 g/mol. The van der Waals surface area contributed by atoms with Crippen LogP contribution in [0.15, 0.2) is 54.9 Å². The van der Waals surface area contributed by atoms with Gasteiger partial charge in [-0.3, -0.25) is 9.78 Å². The molecule has 7 heteroatoms. The maximum atomic E-state index is 13.7. The lowest BCUT2D eigenvalue weighted by Crippen LogP contribution is -2.28. The predicted octanol–water partition coefficient (Wildman–Crippen LogP) is 2.99. The highest BCUT2D eigenvalue weighted by Crippen LogP contribution is 2.30. The third-order valence-corrected chi connectivity index (χ3v) is 5.28. The number of amides is 1. The highest BCUT2D eigenvalue weighted by Gasteiger charge is 2.28. The van der Waals surface area contributed by atoms with Crippen LogP contribution < -0.4 is 5.73 Å². The van der Waals surface area contributed by atoms with Crippen molar-refractivity contribution in [2.45, 2.75) is 18.9 Å². The van der Waals surface area contributed by atoms with Crippen molar-refractivity contribution in [2.24, 2.45) is 0 Å². The molecule has 1 aliphatic rings. The first-order chi connectivity index (χ1) is 14.0. The molecule has 0 bridgehead atoms. The summed E-state index contributed by atoms with van der Waals surface area (Å²) in [5.74, 6) is 0.0884. The Labute approximate surface area is 167 Å². The Morgan fingerprint density at radius 1 is 1.21 bits per heavy atom. The zero-order valence-electron chi connectivity index (χ0n) is 15.8. The maximum Gasteiger partial charge on any atom is 0.255 e. The molecule has 6 nitrogen and oxygen atoms in total. The average Bonchev–Trinajstić information content (AvgIpc) is 3.24. The largest absolute Gasteiger partial charge is 0.392 e. The number of halogens is 1. The van der Waals surface area contributed by atoms with Crippen LogP contribution in [-0.4, -0.2) is 39.0 Å². The zero-order chi connectivity index (χ0) is 20.4. The summed E-state index contributed by atoms with van der Waals surface area (Å²) in [6.07, 6.45) is 4.08. The van der Waals surface area contributed by atoms with Gasteiger partial charge in [0.25, 0.3) is 5.91 Å². The number of nitrogens with two attached hydrogens (primary N) is 1. The lowest BCUT2D eigenvalue weighted by molar-refractivity contribution is 0.0790. The second-order valence-corrected chi connectivity index (χ2v) is 7.15. The summed E-state index contributed by atoms with van der Waals surface area (Å²) >= 11 is 0. The molecule has 1 atom stereocenters. The number of aliphatic hydroxyl groups excluding tert-OH is 1. The van der Waals surface area contributed by atoms with Crippen LogP contribution in [0.4, 0.5) is 10.2 Å². The summed E-state index contributed by atoms with van der Waals surface area (Å²) < 4.78 is 13.7. The smallest absolute Gasteiger partial charge is 0.255 e. The van der Waals surface area contributed by atoms with E-state index in [9.17, 15) is 14.3 Å². The normalized spacial score (nSPS) is 16.2. The van der Waals surface area contributed by atoms with E-state index < -0.39 is 5.82 Å². The number of nitrogens with zero attached hydrogens (tertiary/aromatic N) is 3. The number of anilines is 1. The second kappa shape index (κ2) is 7.97. The van der Waals surface area contributed by atoms with E-state index in [4.69, 9.17) is 5.73 Å². The van der Waals surface area contributed by atoms with E-state index in [0.29, 0.717) is 30.2 Å². The van der Waals surface area contributed by atoms with Crippen molar-refractivity contribution in [3.8, 4) is 11.3 Å². The Morgan fingerprint density at radius 3 is 2.83 bits per heavy atom. The quantitative estimate of drug-likeness (QED) is 0.712. The molecule has 3 heterocycles. The van der Waals surface area contributed by atoms with E-state index in [1.54, 1.807) is 30.5 Å². The minimum atomic E-state index is -0.436. The molecule has 29 heavy (non-hydrogen) atoms. The molecule has 1 unspecified atom stereocenters. The molecule has 3 N–H and O–H groups in total. The molecule has 2 aromatic heterocycles. The zero-order valence-corrected chi connectivity index (χ0v) is 15.8. The molecule has 148 valence electrons. The summed E-state index contributed by atoms with van der Waals surface area (Å²) in [5, 5.41) is 9.30. The number of rotatable bonds is 4. The highest BCUT2D eigenvalue weighted by atomic mass is 19.1. The Bertz CT molecular complexity index is 1040. The highest BCUT2D eigenvalue weighted by molar-refractivity contribution is 5.94. The van der Waals surface area contributed by atoms with Crippen molar-refractivity contribution in [1.29, 1.82) is 0 Å². The van der Waals surface area contributed by atoms with Crippen LogP contribution in [0.1, 0.15) is 33.8 Å². The fraction of sp³-hybridized carbons (Fsp3) is 0.227. The Kier molecular flexibility index (Phi) is 5.22. The maximum absolute atomic E-state index is 13.7. The van der Waals surface area contributed by atoms with Crippen LogP contribution in [-0.2, 0) is 6.61 Å². The summed E-state index contributed by atoms with van der Waals surface area (Å²) in [6, 6.07) is 11.8. The topological polar surface area (TPSA) is 92.3 Å². The van der Waals surface area contributed by atoms with Gasteiger partial charge in [-0.05, 0) is 54.4 Å². The number of hydrogen-bond donors (Lipinski definition) is 2. The van der Waals surface area contributed by atoms with Crippen LogP contribution in [0.5, 0.6) is 0 Å². The van der Waals surface area contributed by atoms with Gasteiger partial charge in [-0.2, -0.15) is 0 Å². The van der Waals surface area contributed by atoms with Crippen molar-refractivity contribution in [2.75, 3.05) is 18.8 Å². The Balaban J connectivity index is 1.52. The summed E-state index contributed by atoms with van der Waals surface area (Å²) in [4.78, 5) is 22.9. The number of benzene rings is 1. The van der Waals surface area contributed by atoms with E-state index in [1.165, 1.54) is 12.3 Å². The molecule has 0 spiro atoms. The number of pyridine rings is 2. The van der Waals surface area contributed by atoms with E-state index >= 15 is 0 Å². The number of aromatic nitrogens is 2. The van der Waals surface area contributed by atoms with Crippen LogP contribution in [0.25, 0.3) is 11.3 Å². The molecule has 1 saturated heterocycles. The lowest BCUT2D eigenvalue weighted by Gasteiger charge is -2.17. The SMILES string of the molecule is Nc1ccc(C(=O)N2CCC(c3ccnc(-c4ccc(F)c(CO)c4)c3)C2)cn1. The average molecular weight is 392 g/mol. The predicted molar refractivity (Wildman–Crippen MR) is 107 cm³/mol. The van der Waals surface area contributed by atoms with Crippen molar-refractivity contribution in [3.63, 3.8) is 0 Å². The van der Waals surface area contributed by atoms with E-state index in [-0.39, 0.29) is 24.0 Å². The van der Waals surface area contributed by atoms with Gasteiger partial charge in [0, 0.05) is 42.5 Å². The van der Waals surface area contributed by atoms with Gasteiger partial charge in [-0.25, -0.2) is 9.37 Å². The first kappa shape index (κ1) is 19.0. The molecule has 3 aromatic rings. The molecule has 1 aliphatic heterocycles. The molecular formula is C22H21FN4O2. The molecule has 0 aliphatic carbocycles. The molecular weight excluding hydrogens is 371 g/mol. The lowest BCUT2D eigenvalue weighted by atomic mass is 9.97. The van der Waals surface area contributed by atoms with Crippen LogP contribution in [0, 0.1) is 5.82 Å². The fourth-order valence-electron chi connectivity index (χ4n) is 3.65. The number of carbonyl (C=O) groups excluding carboxylic acids is 1. The number of hydrogen-bond acceptors (Lipinski definition) is 5. The number of aliphatic hydroxyl groups is 1. The summed E-state index contributed by atoms with van der Waals surface area (Å²) in [7, 11) is 0. The Morgan fingerprint density at radius 2 is 2.07 bits per heavy atom. The number of nitrogen functional groups attached to an aromatic ring is 1. The number of likely N-dealkylation sites (tertiary alicyclic amines) is 1. The first-order valence-corrected chi connectivity index (χ1v) is 9.41. The summed E-state index contributed by atoms with van der Waals surface area (Å²) in [5.41, 5.74) is 8.89. The molecule has 0 radical (unpaired) electrons. The van der Waals surface area contributed by atoms with E-state index in [2.05, 4.69) is 9.97 Å². The third kappa shape index (κ3) is 3.95. The third-order valence-electron chi connectivity index (χ3n) is 5.28. The molecule has 1 aromatic carbocycles. The second-order valence-electron chi connectivity index (χ2n) is 7.15. The molecule has 0 saturated carbocycles. The standard InChI is InChI=1S/C22H21FN4O2/c23-19-3-1-15(9-18(19)13-28)20-10-14(5-7-25-20)17-6-8-27(12-17)22(29)16-2-4-21(24)26-11-16/h1-5,7,9-11,17,28H,6,8,12-13H2,(H2,24,26). The van der Waals surface area contributed by atoms with Gasteiger partial charge in [0.1, 0.15) is 11.6 Å². The van der Waals surface area contributed by atoms with Crippen molar-refractivity contribution in [3.05, 3.63) is 77.4 Å². The van der Waals surface area contributed by atoms with Gasteiger partial charge in [-0.1, -0.05) is 0 Å². The van der Waals surface area contributed by atoms with Gasteiger partial charge < -0.3 is 15.7 Å². The van der Waals surface area contributed by atoms with Crippen molar-refractivity contribution in [1.82, 2.24) is 14.9 Å². The van der Waals surface area contributed by atoms with Crippen LogP contribution >= 0.6 is 0 Å². The van der Waals surface area contributed by atoms with Crippen LogP contribution in [0.3, 0.4) is 0 Å². The van der Waals surface area contributed by atoms with Crippen molar-refractivity contribution >= 4 is 11.7 Å². The van der Waals surface area contributed by atoms with E-state index in [0.717, 1.165) is 17.5 Å². The van der Waals surface area contributed by atoms with Crippen molar-refractivity contribution < 1.29 is 14.3 Å². The Hall–Kier alpha value is -3.32. The van der Waals surface area contributed by atoms with Crippen LogP contribution in [0.2, 0.25) is 0 Å². The molecule has 1 fully saturated rings. The molecule has 1 amide bonds. The minimum Gasteiger partial charge on any atom is -0.392 e. The van der Waals surface area contributed by atoms with Gasteiger partial charge in [0.05, 0.1) is 17.9 Å². The van der Waals surface area contributed by atoms with E-state index in [1.807, 2.05) is 17.0 Å². The van der Waals surface area contributed by atoms with Gasteiger partial charge in [-0.15, -0.1) is 0 Å². The minimum absolute atomic E-state index is 0.0552. The van der Waals surface area contributed by atoms with Gasteiger partial charge in [0.15, 0.2) is 0 Å². The summed E-state index contributed by atoms with van der Waals surface area (Å²) in [6.45, 7) is 0.910.